The maximum Gasteiger partial charge on any atom is 0.289 e. The number of ketones is 1. The normalized spacial score (nSPS) is 15.5. The third-order valence-electron chi connectivity index (χ3n) is 3.69. The first kappa shape index (κ1) is 19.7. The lowest BCUT2D eigenvalue weighted by molar-refractivity contribution is -0.145. The van der Waals surface area contributed by atoms with Crippen LogP contribution in [0.4, 0.5) is 14.6 Å². The number of anilines is 1. The lowest BCUT2D eigenvalue weighted by atomic mass is 9.81. The number of carbonyl (C=O) groups excluding carboxylic acids is 4. The third kappa shape index (κ3) is 4.72. The maximum atomic E-state index is 12.9. The van der Waals surface area contributed by atoms with E-state index in [0.29, 0.717) is 0 Å². The van der Waals surface area contributed by atoms with Crippen LogP contribution in [0, 0.1) is 5.92 Å². The molecule has 0 radical (unpaired) electrons. The van der Waals surface area contributed by atoms with Crippen LogP contribution in [0.2, 0.25) is 5.02 Å². The molecule has 1 aromatic heterocycles. The smallest absolute Gasteiger partial charge is 0.289 e. The summed E-state index contributed by atoms with van der Waals surface area (Å²) in [7, 11) is 1.26. The molecule has 1 aromatic rings. The number of nitrogens with zero attached hydrogens (tertiary/aromatic N) is 1. The van der Waals surface area contributed by atoms with Gasteiger partial charge in [0.15, 0.2) is 0 Å². The first-order valence-corrected chi connectivity index (χ1v) is 7.88. The summed E-state index contributed by atoms with van der Waals surface area (Å²) >= 11 is 5.79. The van der Waals surface area contributed by atoms with Gasteiger partial charge in [-0.25, -0.2) is 13.8 Å². The summed E-state index contributed by atoms with van der Waals surface area (Å²) < 4.78 is 25.8. The second-order valence-corrected chi connectivity index (χ2v) is 6.12. The van der Waals surface area contributed by atoms with Crippen molar-refractivity contribution in [2.24, 2.45) is 5.92 Å². The lowest BCUT2D eigenvalue weighted by Gasteiger charge is -2.33. The molecular weight excluding hydrogens is 374 g/mol. The number of aromatic nitrogens is 1. The van der Waals surface area contributed by atoms with Crippen LogP contribution in [0.3, 0.4) is 0 Å². The molecule has 1 aliphatic carbocycles. The fourth-order valence-corrected chi connectivity index (χ4v) is 2.41. The zero-order valence-electron chi connectivity index (χ0n) is 13.6. The second kappa shape index (κ2) is 7.73. The van der Waals surface area contributed by atoms with Crippen LogP contribution >= 0.6 is 11.6 Å². The molecule has 0 unspecified atom stereocenters. The molecular formula is C15H15ClF2N4O4. The van der Waals surface area contributed by atoms with E-state index in [1.165, 1.54) is 19.3 Å². The molecule has 0 spiro atoms. The van der Waals surface area contributed by atoms with Gasteiger partial charge in [-0.05, 0) is 6.07 Å². The summed E-state index contributed by atoms with van der Waals surface area (Å²) in [5.41, 5.74) is -0.165. The molecule has 1 fully saturated rings. The molecule has 0 bridgehead atoms. The average molecular weight is 389 g/mol. The minimum atomic E-state index is -2.87. The minimum absolute atomic E-state index is 0.0842. The van der Waals surface area contributed by atoms with Gasteiger partial charge in [0.25, 0.3) is 11.8 Å². The quantitative estimate of drug-likeness (QED) is 0.622. The van der Waals surface area contributed by atoms with E-state index in [9.17, 15) is 28.0 Å². The van der Waals surface area contributed by atoms with Crippen molar-refractivity contribution in [2.45, 2.75) is 18.8 Å². The molecule has 1 aliphatic rings. The van der Waals surface area contributed by atoms with E-state index in [4.69, 9.17) is 11.6 Å². The first-order valence-electron chi connectivity index (χ1n) is 7.50. The van der Waals surface area contributed by atoms with Crippen LogP contribution < -0.4 is 16.0 Å². The van der Waals surface area contributed by atoms with Crippen molar-refractivity contribution < 1.29 is 28.0 Å². The fourth-order valence-electron chi connectivity index (χ4n) is 2.25. The fraction of sp³-hybridized carbons (Fsp3) is 0.400. The van der Waals surface area contributed by atoms with Crippen LogP contribution in [0.5, 0.6) is 0 Å². The average Bonchev–Trinajstić information content (AvgIpc) is 2.57. The number of halogens is 3. The number of hydrogen-bond acceptors (Lipinski definition) is 5. The highest BCUT2D eigenvalue weighted by atomic mass is 35.5. The predicted molar refractivity (Wildman–Crippen MR) is 87.0 cm³/mol. The van der Waals surface area contributed by atoms with Crippen molar-refractivity contribution >= 4 is 40.9 Å². The van der Waals surface area contributed by atoms with E-state index in [1.807, 2.05) is 0 Å². The zero-order valence-corrected chi connectivity index (χ0v) is 14.3. The van der Waals surface area contributed by atoms with Gasteiger partial charge in [0, 0.05) is 32.0 Å². The Kier molecular flexibility index (Phi) is 5.86. The number of pyridine rings is 1. The van der Waals surface area contributed by atoms with E-state index in [-0.39, 0.29) is 16.4 Å². The molecule has 0 aliphatic heterocycles. The Morgan fingerprint density at radius 3 is 2.54 bits per heavy atom. The van der Waals surface area contributed by atoms with Crippen molar-refractivity contribution in [3.63, 3.8) is 0 Å². The number of carbonyl (C=O) groups is 4. The predicted octanol–water partition coefficient (Wildman–Crippen LogP) is 0.764. The number of Topliss-reactive ketones (excluding diaryl/α,β-unsaturated/α-hetero) is 1. The maximum absolute atomic E-state index is 12.9. The van der Waals surface area contributed by atoms with Crippen molar-refractivity contribution in [1.82, 2.24) is 15.6 Å². The Balaban J connectivity index is 2.07. The van der Waals surface area contributed by atoms with Crippen LogP contribution in [0.1, 0.15) is 23.2 Å². The van der Waals surface area contributed by atoms with Gasteiger partial charge in [0.05, 0.1) is 17.1 Å². The van der Waals surface area contributed by atoms with E-state index < -0.39 is 54.7 Å². The van der Waals surface area contributed by atoms with Gasteiger partial charge < -0.3 is 16.0 Å². The van der Waals surface area contributed by atoms with Gasteiger partial charge in [-0.2, -0.15) is 0 Å². The molecule has 0 aromatic carbocycles. The number of amides is 3. The number of rotatable bonds is 6. The van der Waals surface area contributed by atoms with Crippen LogP contribution in [-0.4, -0.2) is 48.0 Å². The van der Waals surface area contributed by atoms with E-state index in [2.05, 4.69) is 20.9 Å². The van der Waals surface area contributed by atoms with Gasteiger partial charge in [-0.15, -0.1) is 0 Å². The van der Waals surface area contributed by atoms with E-state index in [0.717, 1.165) is 0 Å². The highest BCUT2D eigenvalue weighted by Gasteiger charge is 2.48. The number of nitrogens with one attached hydrogen (secondary N) is 3. The molecule has 0 atom stereocenters. The number of likely N-dealkylation sites (N-methyl/N-ethyl adjacent to an activating group) is 1. The molecule has 2 rings (SSSR count). The number of alkyl halides is 2. The molecule has 1 heterocycles. The summed E-state index contributed by atoms with van der Waals surface area (Å²) in [6.07, 6.45) is 0.0160. The standard InChI is InChI=1S/C15H15ClF2N4O4/c1-19-14(26)10(23)6-21-13(25)9-2-8(16)5-20-11(9)22-12(24)7-3-15(17,18)4-7/h2,5,7H,3-4,6H2,1H3,(H,19,26)(H,21,25)(H,20,22,24). The Labute approximate surface area is 151 Å². The van der Waals surface area contributed by atoms with Crippen molar-refractivity contribution in [3.05, 3.63) is 22.8 Å². The summed E-state index contributed by atoms with van der Waals surface area (Å²) in [5.74, 6) is -7.19. The van der Waals surface area contributed by atoms with E-state index in [1.54, 1.807) is 0 Å². The largest absolute Gasteiger partial charge is 0.353 e. The Hall–Kier alpha value is -2.62. The number of hydrogen-bond donors (Lipinski definition) is 3. The lowest BCUT2D eigenvalue weighted by Crippen LogP contribution is -2.42. The highest BCUT2D eigenvalue weighted by molar-refractivity contribution is 6.37. The summed E-state index contributed by atoms with van der Waals surface area (Å²) in [6.45, 7) is -0.576. The topological polar surface area (TPSA) is 117 Å². The Bertz CT molecular complexity index is 764. The molecule has 1 saturated carbocycles. The highest BCUT2D eigenvalue weighted by Crippen LogP contribution is 2.42. The Morgan fingerprint density at radius 2 is 1.96 bits per heavy atom. The Morgan fingerprint density at radius 1 is 1.31 bits per heavy atom. The van der Waals surface area contributed by atoms with Gasteiger partial charge in [-0.1, -0.05) is 11.6 Å². The van der Waals surface area contributed by atoms with Crippen molar-refractivity contribution in [2.75, 3.05) is 18.9 Å². The van der Waals surface area contributed by atoms with Crippen molar-refractivity contribution in [3.8, 4) is 0 Å². The second-order valence-electron chi connectivity index (χ2n) is 5.69. The zero-order chi connectivity index (χ0) is 19.5. The van der Waals surface area contributed by atoms with E-state index >= 15 is 0 Å². The minimum Gasteiger partial charge on any atom is -0.353 e. The SMILES string of the molecule is CNC(=O)C(=O)CNC(=O)c1cc(Cl)cnc1NC(=O)C1CC(F)(F)C1. The molecule has 26 heavy (non-hydrogen) atoms. The van der Waals surface area contributed by atoms with Gasteiger partial charge >= 0.3 is 0 Å². The van der Waals surface area contributed by atoms with Gasteiger partial charge in [0.2, 0.25) is 17.6 Å². The molecule has 8 nitrogen and oxygen atoms in total. The summed E-state index contributed by atoms with van der Waals surface area (Å²) in [4.78, 5) is 50.6. The van der Waals surface area contributed by atoms with Crippen molar-refractivity contribution in [1.29, 1.82) is 0 Å². The molecule has 0 saturated heterocycles. The molecule has 3 N–H and O–H groups in total. The van der Waals surface area contributed by atoms with Crippen LogP contribution in [0.15, 0.2) is 12.3 Å². The molecule has 140 valence electrons. The van der Waals surface area contributed by atoms with Crippen LogP contribution in [-0.2, 0) is 14.4 Å². The van der Waals surface area contributed by atoms with Gasteiger partial charge in [-0.3, -0.25) is 19.2 Å². The first-order chi connectivity index (χ1) is 12.1. The summed E-state index contributed by atoms with van der Waals surface area (Å²) in [5, 5.41) is 6.72. The third-order valence-corrected chi connectivity index (χ3v) is 3.90. The summed E-state index contributed by atoms with van der Waals surface area (Å²) in [6, 6.07) is 1.19. The van der Waals surface area contributed by atoms with Crippen LogP contribution in [0.25, 0.3) is 0 Å². The molecule has 11 heteroatoms. The van der Waals surface area contributed by atoms with Gasteiger partial charge in [0.1, 0.15) is 5.82 Å². The molecule has 3 amide bonds. The monoisotopic (exact) mass is 388 g/mol.